The van der Waals surface area contributed by atoms with Gasteiger partial charge in [0, 0.05) is 11.8 Å². The lowest BCUT2D eigenvalue weighted by Crippen LogP contribution is -2.32. The van der Waals surface area contributed by atoms with Gasteiger partial charge in [0.2, 0.25) is 5.91 Å². The molecule has 0 saturated carbocycles. The van der Waals surface area contributed by atoms with E-state index in [-0.39, 0.29) is 22.8 Å². The van der Waals surface area contributed by atoms with Crippen molar-refractivity contribution in [2.45, 2.75) is 12.2 Å². The maximum Gasteiger partial charge on any atom is 0.242 e. The highest BCUT2D eigenvalue weighted by Gasteiger charge is 2.25. The van der Waals surface area contributed by atoms with Crippen molar-refractivity contribution in [1.82, 2.24) is 0 Å². The van der Waals surface area contributed by atoms with Crippen LogP contribution in [0.4, 0.5) is 5.69 Å². The van der Waals surface area contributed by atoms with Gasteiger partial charge in [-0.05, 0) is 19.1 Å². The van der Waals surface area contributed by atoms with Gasteiger partial charge < -0.3 is 21.0 Å². The molecule has 0 aromatic heterocycles. The summed E-state index contributed by atoms with van der Waals surface area (Å²) in [5, 5.41) is 12.8. The van der Waals surface area contributed by atoms with E-state index in [2.05, 4.69) is 10.5 Å². The number of hydrogen-bond acceptors (Lipinski definition) is 6. The quantitative estimate of drug-likeness (QED) is 0.307. The molecule has 0 heterocycles. The summed E-state index contributed by atoms with van der Waals surface area (Å²) in [5.74, 6) is -0.724. The zero-order valence-electron chi connectivity index (χ0n) is 11.8. The SMILES string of the molecule is COc1cccc(/C(N)=N/O)c1NC(=O)C(C)S(C)(=O)=O. The zero-order valence-corrected chi connectivity index (χ0v) is 12.6. The Hall–Kier alpha value is -2.29. The number of rotatable bonds is 5. The molecule has 1 rings (SSSR count). The van der Waals surface area contributed by atoms with Crippen LogP contribution in [0.2, 0.25) is 0 Å². The van der Waals surface area contributed by atoms with Crippen LogP contribution in [0.15, 0.2) is 23.4 Å². The number of methoxy groups -OCH3 is 1. The van der Waals surface area contributed by atoms with Crippen molar-refractivity contribution in [3.05, 3.63) is 23.8 Å². The van der Waals surface area contributed by atoms with Gasteiger partial charge in [-0.25, -0.2) is 8.42 Å². The van der Waals surface area contributed by atoms with Gasteiger partial charge in [-0.2, -0.15) is 0 Å². The average molecular weight is 315 g/mol. The molecule has 4 N–H and O–H groups in total. The third-order valence-electron chi connectivity index (χ3n) is 2.89. The molecule has 116 valence electrons. The van der Waals surface area contributed by atoms with Crippen LogP contribution in [-0.2, 0) is 14.6 Å². The summed E-state index contributed by atoms with van der Waals surface area (Å²) in [4.78, 5) is 12.0. The van der Waals surface area contributed by atoms with Crippen molar-refractivity contribution < 1.29 is 23.2 Å². The number of hydrogen-bond donors (Lipinski definition) is 3. The van der Waals surface area contributed by atoms with E-state index in [1.165, 1.54) is 20.1 Å². The number of nitrogens with one attached hydrogen (secondary N) is 1. The van der Waals surface area contributed by atoms with E-state index in [9.17, 15) is 13.2 Å². The van der Waals surface area contributed by atoms with Crippen molar-refractivity contribution >= 4 is 27.3 Å². The van der Waals surface area contributed by atoms with Crippen LogP contribution in [0, 0.1) is 0 Å². The summed E-state index contributed by atoms with van der Waals surface area (Å²) in [6.07, 6.45) is 0.962. The molecule has 1 atom stereocenters. The topological polar surface area (TPSA) is 131 Å². The number of nitrogens with two attached hydrogens (primary N) is 1. The maximum atomic E-state index is 12.0. The van der Waals surface area contributed by atoms with E-state index < -0.39 is 21.0 Å². The van der Waals surface area contributed by atoms with Crippen molar-refractivity contribution in [2.75, 3.05) is 18.7 Å². The number of amidine groups is 1. The second-order valence-corrected chi connectivity index (χ2v) is 6.70. The fourth-order valence-corrected chi connectivity index (χ4v) is 1.96. The number of ether oxygens (including phenoxy) is 1. The fourth-order valence-electron chi connectivity index (χ4n) is 1.52. The number of carbonyl (C=O) groups excluding carboxylic acids is 1. The lowest BCUT2D eigenvalue weighted by Gasteiger charge is -2.16. The molecule has 0 aliphatic rings. The van der Waals surface area contributed by atoms with E-state index in [0.717, 1.165) is 6.26 Å². The first-order valence-corrected chi connectivity index (χ1v) is 7.82. The predicted octanol–water partition coefficient (Wildman–Crippen LogP) is 0.161. The Morgan fingerprint density at radius 3 is 2.57 bits per heavy atom. The molecular weight excluding hydrogens is 298 g/mol. The number of anilines is 1. The Morgan fingerprint density at radius 2 is 2.10 bits per heavy atom. The highest BCUT2D eigenvalue weighted by molar-refractivity contribution is 7.92. The van der Waals surface area contributed by atoms with E-state index >= 15 is 0 Å². The molecule has 21 heavy (non-hydrogen) atoms. The molecule has 8 nitrogen and oxygen atoms in total. The zero-order chi connectivity index (χ0) is 16.2. The second-order valence-electron chi connectivity index (χ2n) is 4.33. The lowest BCUT2D eigenvalue weighted by molar-refractivity contribution is -0.115. The fraction of sp³-hybridized carbons (Fsp3) is 0.333. The van der Waals surface area contributed by atoms with Crippen LogP contribution >= 0.6 is 0 Å². The molecule has 9 heteroatoms. The number of amides is 1. The first-order valence-electron chi connectivity index (χ1n) is 5.87. The Balaban J connectivity index is 3.27. The minimum Gasteiger partial charge on any atom is -0.495 e. The summed E-state index contributed by atoms with van der Waals surface area (Å²) in [6, 6.07) is 4.63. The standard InChI is InChI=1S/C12H17N3O5S/c1-7(21(3,18)19)12(16)14-10-8(11(13)15-17)5-4-6-9(10)20-2/h4-7,17H,1-3H3,(H2,13,15)(H,14,16). The number of para-hydroxylation sites is 1. The summed E-state index contributed by atoms with van der Waals surface area (Å²) in [5.41, 5.74) is 5.88. The first kappa shape index (κ1) is 16.8. The molecule has 1 aromatic carbocycles. The molecule has 0 aliphatic carbocycles. The Labute approximate surface area is 122 Å². The van der Waals surface area contributed by atoms with Gasteiger partial charge in [-0.15, -0.1) is 0 Å². The van der Waals surface area contributed by atoms with Gasteiger partial charge in [0.1, 0.15) is 11.0 Å². The summed E-state index contributed by atoms with van der Waals surface area (Å²) in [6.45, 7) is 1.27. The first-order chi connectivity index (χ1) is 9.72. The molecule has 0 saturated heterocycles. The van der Waals surface area contributed by atoms with Crippen LogP contribution in [-0.4, -0.2) is 44.0 Å². The van der Waals surface area contributed by atoms with Crippen LogP contribution < -0.4 is 15.8 Å². The monoisotopic (exact) mass is 315 g/mol. The second kappa shape index (κ2) is 6.44. The van der Waals surface area contributed by atoms with Gasteiger partial charge in [-0.3, -0.25) is 4.79 Å². The van der Waals surface area contributed by atoms with E-state index in [1.807, 2.05) is 0 Å². The Kier molecular flexibility index (Phi) is 5.14. The average Bonchev–Trinajstić information content (AvgIpc) is 2.44. The Morgan fingerprint density at radius 1 is 1.48 bits per heavy atom. The third kappa shape index (κ3) is 3.85. The summed E-state index contributed by atoms with van der Waals surface area (Å²) in [7, 11) is -2.17. The molecule has 1 aromatic rings. The number of oxime groups is 1. The number of benzene rings is 1. The molecule has 1 amide bonds. The highest BCUT2D eigenvalue weighted by atomic mass is 32.2. The van der Waals surface area contributed by atoms with E-state index in [4.69, 9.17) is 15.7 Å². The summed E-state index contributed by atoms with van der Waals surface area (Å²) >= 11 is 0. The van der Waals surface area contributed by atoms with Crippen molar-refractivity contribution in [1.29, 1.82) is 0 Å². The highest BCUT2D eigenvalue weighted by Crippen LogP contribution is 2.28. The molecular formula is C12H17N3O5S. The molecule has 0 bridgehead atoms. The molecule has 0 aliphatic heterocycles. The van der Waals surface area contributed by atoms with E-state index in [0.29, 0.717) is 0 Å². The van der Waals surface area contributed by atoms with Crippen molar-refractivity contribution in [2.24, 2.45) is 10.9 Å². The molecule has 0 radical (unpaired) electrons. The normalized spacial score (nSPS) is 13.6. The van der Waals surface area contributed by atoms with Crippen molar-refractivity contribution in [3.8, 4) is 5.75 Å². The smallest absolute Gasteiger partial charge is 0.242 e. The number of sulfone groups is 1. The van der Waals surface area contributed by atoms with Gasteiger partial charge in [0.15, 0.2) is 15.7 Å². The third-order valence-corrected chi connectivity index (χ3v) is 4.39. The van der Waals surface area contributed by atoms with Crippen LogP contribution in [0.3, 0.4) is 0 Å². The largest absolute Gasteiger partial charge is 0.495 e. The molecule has 0 fully saturated rings. The predicted molar refractivity (Wildman–Crippen MR) is 78.4 cm³/mol. The van der Waals surface area contributed by atoms with Gasteiger partial charge in [0.05, 0.1) is 12.8 Å². The van der Waals surface area contributed by atoms with Gasteiger partial charge >= 0.3 is 0 Å². The van der Waals surface area contributed by atoms with E-state index in [1.54, 1.807) is 12.1 Å². The number of carbonyl (C=O) groups is 1. The minimum absolute atomic E-state index is 0.135. The van der Waals surface area contributed by atoms with Gasteiger partial charge in [-0.1, -0.05) is 11.2 Å². The summed E-state index contributed by atoms with van der Waals surface area (Å²) < 4.78 is 27.9. The minimum atomic E-state index is -3.54. The number of nitrogens with zero attached hydrogens (tertiary/aromatic N) is 1. The molecule has 0 spiro atoms. The van der Waals surface area contributed by atoms with Crippen molar-refractivity contribution in [3.63, 3.8) is 0 Å². The van der Waals surface area contributed by atoms with Crippen LogP contribution in [0.1, 0.15) is 12.5 Å². The van der Waals surface area contributed by atoms with Crippen LogP contribution in [0.5, 0.6) is 5.75 Å². The maximum absolute atomic E-state index is 12.0. The lowest BCUT2D eigenvalue weighted by atomic mass is 10.1. The van der Waals surface area contributed by atoms with Gasteiger partial charge in [0.25, 0.3) is 0 Å². The van der Waals surface area contributed by atoms with Crippen LogP contribution in [0.25, 0.3) is 0 Å². The Bertz CT molecular complexity index is 669. The molecule has 1 unspecified atom stereocenters.